The third-order valence-electron chi connectivity index (χ3n) is 2.77. The van der Waals surface area contributed by atoms with E-state index in [4.69, 9.17) is 4.42 Å². The summed E-state index contributed by atoms with van der Waals surface area (Å²) in [6.07, 6.45) is 4.37. The van der Waals surface area contributed by atoms with Crippen LogP contribution in [0.4, 0.5) is 0 Å². The first kappa shape index (κ1) is 11.6. The quantitative estimate of drug-likeness (QED) is 0.758. The molecule has 2 nitrogen and oxygen atoms in total. The second-order valence-corrected chi connectivity index (χ2v) is 4.10. The van der Waals surface area contributed by atoms with E-state index < -0.39 is 0 Å². The number of carbonyl (C=O) groups is 1. The van der Waals surface area contributed by atoms with Crippen molar-refractivity contribution in [3.8, 4) is 0 Å². The molecule has 17 heavy (non-hydrogen) atoms. The van der Waals surface area contributed by atoms with Crippen LogP contribution in [-0.4, -0.2) is 5.78 Å². The van der Waals surface area contributed by atoms with Crippen LogP contribution in [0.15, 0.2) is 53.1 Å². The average molecular weight is 228 g/mol. The molecule has 0 N–H and O–H groups in total. The van der Waals surface area contributed by atoms with E-state index in [1.807, 2.05) is 30.3 Å². The first-order valence-electron chi connectivity index (χ1n) is 5.92. The first-order chi connectivity index (χ1) is 8.34. The summed E-state index contributed by atoms with van der Waals surface area (Å²) in [5.41, 5.74) is 1.22. The Morgan fingerprint density at radius 3 is 2.41 bits per heavy atom. The molecule has 1 heterocycles. The molecule has 0 saturated heterocycles. The maximum atomic E-state index is 11.7. The molecule has 0 amide bonds. The zero-order valence-corrected chi connectivity index (χ0v) is 9.76. The van der Waals surface area contributed by atoms with Crippen molar-refractivity contribution in [2.24, 2.45) is 0 Å². The van der Waals surface area contributed by atoms with Crippen LogP contribution >= 0.6 is 0 Å². The molecule has 0 atom stereocenters. The Morgan fingerprint density at radius 2 is 1.71 bits per heavy atom. The van der Waals surface area contributed by atoms with Crippen molar-refractivity contribution < 1.29 is 9.21 Å². The monoisotopic (exact) mass is 228 g/mol. The fraction of sp³-hybridized carbons (Fsp3) is 0.267. The summed E-state index contributed by atoms with van der Waals surface area (Å²) in [5, 5.41) is 0. The Morgan fingerprint density at radius 1 is 0.941 bits per heavy atom. The van der Waals surface area contributed by atoms with Gasteiger partial charge in [0, 0.05) is 19.3 Å². The second-order valence-electron chi connectivity index (χ2n) is 4.10. The Hall–Kier alpha value is -1.83. The van der Waals surface area contributed by atoms with Crippen molar-refractivity contribution in [2.45, 2.75) is 25.7 Å². The van der Waals surface area contributed by atoms with E-state index in [1.165, 1.54) is 5.56 Å². The van der Waals surface area contributed by atoms with E-state index in [1.54, 1.807) is 6.26 Å². The third kappa shape index (κ3) is 3.91. The molecule has 0 radical (unpaired) electrons. The van der Waals surface area contributed by atoms with Gasteiger partial charge in [-0.1, -0.05) is 30.3 Å². The van der Waals surface area contributed by atoms with Crippen molar-refractivity contribution >= 4 is 5.78 Å². The number of rotatable bonds is 6. The van der Waals surface area contributed by atoms with Gasteiger partial charge < -0.3 is 4.42 Å². The number of hydrogen-bond donors (Lipinski definition) is 0. The standard InChI is InChI=1S/C15H16O2/c16-14(10-11-15-7-4-12-17-15)9-8-13-5-2-1-3-6-13/h1-7,12H,8-11H2. The highest BCUT2D eigenvalue weighted by Crippen LogP contribution is 2.08. The largest absolute Gasteiger partial charge is 0.469 e. The highest BCUT2D eigenvalue weighted by Gasteiger charge is 2.04. The van der Waals surface area contributed by atoms with Crippen LogP contribution < -0.4 is 0 Å². The maximum absolute atomic E-state index is 11.7. The van der Waals surface area contributed by atoms with Gasteiger partial charge in [0.2, 0.25) is 0 Å². The molecular weight excluding hydrogens is 212 g/mol. The van der Waals surface area contributed by atoms with Crippen molar-refractivity contribution in [2.75, 3.05) is 0 Å². The molecule has 1 aromatic carbocycles. The molecule has 2 rings (SSSR count). The van der Waals surface area contributed by atoms with Crippen molar-refractivity contribution in [3.63, 3.8) is 0 Å². The normalized spacial score (nSPS) is 10.4. The average Bonchev–Trinajstić information content (AvgIpc) is 2.88. The molecule has 0 fully saturated rings. The van der Waals surface area contributed by atoms with Crippen molar-refractivity contribution in [1.82, 2.24) is 0 Å². The smallest absolute Gasteiger partial charge is 0.133 e. The van der Waals surface area contributed by atoms with Gasteiger partial charge in [-0.25, -0.2) is 0 Å². The molecule has 0 aliphatic carbocycles. The number of benzene rings is 1. The van der Waals surface area contributed by atoms with E-state index in [2.05, 4.69) is 12.1 Å². The third-order valence-corrected chi connectivity index (χ3v) is 2.77. The van der Waals surface area contributed by atoms with Crippen LogP contribution in [0.5, 0.6) is 0 Å². The van der Waals surface area contributed by atoms with Crippen molar-refractivity contribution in [1.29, 1.82) is 0 Å². The van der Waals surface area contributed by atoms with Crippen LogP contribution in [0.25, 0.3) is 0 Å². The minimum Gasteiger partial charge on any atom is -0.469 e. The Balaban J connectivity index is 1.71. The fourth-order valence-electron chi connectivity index (χ4n) is 1.77. The molecule has 0 bridgehead atoms. The zero-order valence-electron chi connectivity index (χ0n) is 9.76. The first-order valence-corrected chi connectivity index (χ1v) is 5.92. The van der Waals surface area contributed by atoms with E-state index in [-0.39, 0.29) is 0 Å². The molecule has 0 saturated carbocycles. The Kier molecular flexibility index (Phi) is 4.14. The second kappa shape index (κ2) is 6.04. The molecule has 2 aromatic rings. The van der Waals surface area contributed by atoms with Gasteiger partial charge in [-0.15, -0.1) is 0 Å². The lowest BCUT2D eigenvalue weighted by Gasteiger charge is -2.00. The van der Waals surface area contributed by atoms with Crippen LogP contribution in [0, 0.1) is 0 Å². The topological polar surface area (TPSA) is 30.2 Å². The van der Waals surface area contributed by atoms with E-state index in [0.29, 0.717) is 25.0 Å². The molecular formula is C15H16O2. The number of hydrogen-bond acceptors (Lipinski definition) is 2. The SMILES string of the molecule is O=C(CCc1ccccc1)CCc1ccco1. The highest BCUT2D eigenvalue weighted by molar-refractivity contribution is 5.78. The lowest BCUT2D eigenvalue weighted by atomic mass is 10.0. The number of furan rings is 1. The van der Waals surface area contributed by atoms with Gasteiger partial charge >= 0.3 is 0 Å². The van der Waals surface area contributed by atoms with Gasteiger partial charge in [-0.3, -0.25) is 4.79 Å². The Bertz CT molecular complexity index is 443. The van der Waals surface area contributed by atoms with Gasteiger partial charge in [-0.05, 0) is 24.1 Å². The molecule has 0 aliphatic rings. The maximum Gasteiger partial charge on any atom is 0.133 e. The fourth-order valence-corrected chi connectivity index (χ4v) is 1.77. The molecule has 0 spiro atoms. The van der Waals surface area contributed by atoms with Gasteiger partial charge in [0.25, 0.3) is 0 Å². The summed E-state index contributed by atoms with van der Waals surface area (Å²) < 4.78 is 5.19. The molecule has 88 valence electrons. The van der Waals surface area contributed by atoms with Crippen LogP contribution in [0.3, 0.4) is 0 Å². The number of carbonyl (C=O) groups excluding carboxylic acids is 1. The van der Waals surface area contributed by atoms with Crippen molar-refractivity contribution in [3.05, 3.63) is 60.1 Å². The minimum absolute atomic E-state index is 0.297. The lowest BCUT2D eigenvalue weighted by molar-refractivity contribution is -0.119. The summed E-state index contributed by atoms with van der Waals surface area (Å²) in [7, 11) is 0. The predicted molar refractivity (Wildman–Crippen MR) is 66.8 cm³/mol. The zero-order chi connectivity index (χ0) is 11.9. The summed E-state index contributed by atoms with van der Waals surface area (Å²) in [6.45, 7) is 0. The molecule has 1 aromatic heterocycles. The minimum atomic E-state index is 0.297. The van der Waals surface area contributed by atoms with E-state index >= 15 is 0 Å². The van der Waals surface area contributed by atoms with Gasteiger partial charge in [0.1, 0.15) is 11.5 Å². The van der Waals surface area contributed by atoms with Gasteiger partial charge in [0.05, 0.1) is 6.26 Å². The van der Waals surface area contributed by atoms with Crippen LogP contribution in [0.2, 0.25) is 0 Å². The summed E-state index contributed by atoms with van der Waals surface area (Å²) in [5.74, 6) is 1.18. The molecule has 0 aliphatic heterocycles. The summed E-state index contributed by atoms with van der Waals surface area (Å²) >= 11 is 0. The van der Waals surface area contributed by atoms with Crippen LogP contribution in [0.1, 0.15) is 24.2 Å². The molecule has 2 heteroatoms. The highest BCUT2D eigenvalue weighted by atomic mass is 16.3. The van der Waals surface area contributed by atoms with Gasteiger partial charge in [0.15, 0.2) is 0 Å². The summed E-state index contributed by atoms with van der Waals surface area (Å²) in [6, 6.07) is 13.9. The van der Waals surface area contributed by atoms with E-state index in [0.717, 1.165) is 12.2 Å². The number of ketones is 1. The number of aryl methyl sites for hydroxylation is 2. The molecule has 0 unspecified atom stereocenters. The lowest BCUT2D eigenvalue weighted by Crippen LogP contribution is -2.01. The Labute approximate surface area is 101 Å². The van der Waals surface area contributed by atoms with Crippen LogP contribution in [-0.2, 0) is 17.6 Å². The summed E-state index contributed by atoms with van der Waals surface area (Å²) in [4.78, 5) is 11.7. The number of Topliss-reactive ketones (excluding diaryl/α,β-unsaturated/α-hetero) is 1. The predicted octanol–water partition coefficient (Wildman–Crippen LogP) is 3.41. The van der Waals surface area contributed by atoms with Gasteiger partial charge in [-0.2, -0.15) is 0 Å². The van der Waals surface area contributed by atoms with E-state index in [9.17, 15) is 4.79 Å².